The van der Waals surface area contributed by atoms with Crippen LogP contribution in [0, 0.1) is 5.92 Å². The van der Waals surface area contributed by atoms with Crippen LogP contribution in [0.3, 0.4) is 0 Å². The number of anilines is 2. The number of amides is 1. The molecule has 3 aromatic rings. The van der Waals surface area contributed by atoms with E-state index in [1.165, 1.54) is 10.7 Å². The topological polar surface area (TPSA) is 89.6 Å². The minimum absolute atomic E-state index is 0.0344. The lowest BCUT2D eigenvalue weighted by Crippen LogP contribution is -2.37. The number of hydrogen-bond acceptors (Lipinski definition) is 6. The summed E-state index contributed by atoms with van der Waals surface area (Å²) < 4.78 is 36.4. The number of morpholine rings is 1. The van der Waals surface area contributed by atoms with Gasteiger partial charge in [-0.15, -0.1) is 0 Å². The lowest BCUT2D eigenvalue weighted by atomic mass is 9.85. The van der Waals surface area contributed by atoms with E-state index in [9.17, 15) is 13.6 Å². The van der Waals surface area contributed by atoms with Crippen LogP contribution in [-0.4, -0.2) is 55.6 Å². The van der Waals surface area contributed by atoms with Crippen molar-refractivity contribution < 1.29 is 18.3 Å². The van der Waals surface area contributed by atoms with Crippen LogP contribution in [0.1, 0.15) is 74.0 Å². The molecule has 3 aromatic heterocycles. The highest BCUT2D eigenvalue weighted by molar-refractivity contribution is 6.08. The average Bonchev–Trinajstić information content (AvgIpc) is 3.66. The first kappa shape index (κ1) is 22.4. The number of carbonyl (C=O) groups excluding carboxylic acids is 1. The van der Waals surface area contributed by atoms with Gasteiger partial charge in [-0.2, -0.15) is 10.2 Å². The zero-order valence-electron chi connectivity index (χ0n) is 19.6. The van der Waals surface area contributed by atoms with Crippen molar-refractivity contribution in [2.45, 2.75) is 70.1 Å². The Kier molecular flexibility index (Phi) is 5.66. The van der Waals surface area contributed by atoms with Crippen LogP contribution >= 0.6 is 0 Å². The number of aromatic nitrogens is 5. The van der Waals surface area contributed by atoms with E-state index in [0.29, 0.717) is 18.2 Å². The van der Waals surface area contributed by atoms with E-state index in [0.717, 1.165) is 50.9 Å². The smallest absolute Gasteiger partial charge is 0.284 e. The molecule has 3 fully saturated rings. The largest absolute Gasteiger partial charge is 0.374 e. The highest BCUT2D eigenvalue weighted by Crippen LogP contribution is 2.36. The summed E-state index contributed by atoms with van der Waals surface area (Å²) in [6.07, 6.45) is 8.18. The third-order valence-electron chi connectivity index (χ3n) is 7.78. The monoisotopic (exact) mass is 485 g/mol. The van der Waals surface area contributed by atoms with E-state index in [2.05, 4.69) is 27.3 Å². The summed E-state index contributed by atoms with van der Waals surface area (Å²) in [6, 6.07) is 2.22. The van der Waals surface area contributed by atoms with E-state index in [-0.39, 0.29) is 29.4 Å². The molecule has 2 bridgehead atoms. The lowest BCUT2D eigenvalue weighted by Gasteiger charge is -2.27. The van der Waals surface area contributed by atoms with Gasteiger partial charge in [0, 0.05) is 18.9 Å². The van der Waals surface area contributed by atoms with E-state index in [4.69, 9.17) is 9.72 Å². The third-order valence-corrected chi connectivity index (χ3v) is 7.78. The molecule has 3 aliphatic rings. The summed E-state index contributed by atoms with van der Waals surface area (Å²) in [5.74, 6) is 0.908. The minimum Gasteiger partial charge on any atom is -0.374 e. The summed E-state index contributed by atoms with van der Waals surface area (Å²) in [7, 11) is 0. The normalized spacial score (nSPS) is 26.2. The number of halogens is 2. The second kappa shape index (κ2) is 8.85. The minimum atomic E-state index is -2.79. The van der Waals surface area contributed by atoms with Crippen molar-refractivity contribution in [3.8, 4) is 0 Å². The van der Waals surface area contributed by atoms with Crippen molar-refractivity contribution in [2.75, 3.05) is 23.4 Å². The summed E-state index contributed by atoms with van der Waals surface area (Å²) in [5, 5.41) is 11.0. The Bertz CT molecular complexity index is 1230. The molecule has 1 N–H and O–H groups in total. The van der Waals surface area contributed by atoms with Crippen molar-refractivity contribution in [1.82, 2.24) is 24.4 Å². The second-order valence-electron chi connectivity index (χ2n) is 9.86. The molecule has 11 heteroatoms. The van der Waals surface area contributed by atoms with Gasteiger partial charge in [0.2, 0.25) is 0 Å². The molecule has 0 spiro atoms. The maximum atomic E-state index is 13.8. The lowest BCUT2D eigenvalue weighted by molar-refractivity contribution is 0.0988. The van der Waals surface area contributed by atoms with Gasteiger partial charge in [-0.25, -0.2) is 18.3 Å². The fourth-order valence-electron chi connectivity index (χ4n) is 5.72. The van der Waals surface area contributed by atoms with Gasteiger partial charge >= 0.3 is 0 Å². The number of ether oxygens (including phenoxy) is 1. The molecule has 1 saturated carbocycles. The first-order valence-corrected chi connectivity index (χ1v) is 12.4. The molecule has 186 valence electrons. The number of alkyl halides is 2. The SMILES string of the molecule is CC[C@H]1CC[C@H](n2cc(NC(=O)c3cnn4ccc(N5C[C@H]6C[C@@H]5CO6)nc34)c(C(F)F)n2)CC1. The van der Waals surface area contributed by atoms with Gasteiger partial charge in [0.05, 0.1) is 36.7 Å². The summed E-state index contributed by atoms with van der Waals surface area (Å²) in [5.41, 5.74) is 0.234. The Morgan fingerprint density at radius 3 is 2.77 bits per heavy atom. The first-order chi connectivity index (χ1) is 17.0. The van der Waals surface area contributed by atoms with Crippen molar-refractivity contribution in [1.29, 1.82) is 0 Å². The third kappa shape index (κ3) is 4.05. The maximum absolute atomic E-state index is 13.8. The number of carbonyl (C=O) groups is 1. The maximum Gasteiger partial charge on any atom is 0.284 e. The van der Waals surface area contributed by atoms with Gasteiger partial charge in [0.25, 0.3) is 12.3 Å². The fourth-order valence-corrected chi connectivity index (χ4v) is 5.72. The molecule has 1 aliphatic carbocycles. The molecule has 35 heavy (non-hydrogen) atoms. The van der Waals surface area contributed by atoms with Crippen molar-refractivity contribution >= 4 is 23.1 Å². The molecule has 1 amide bonds. The Labute approximate surface area is 201 Å². The van der Waals surface area contributed by atoms with E-state index >= 15 is 0 Å². The van der Waals surface area contributed by atoms with E-state index in [1.807, 2.05) is 6.07 Å². The predicted molar refractivity (Wildman–Crippen MR) is 125 cm³/mol. The highest BCUT2D eigenvalue weighted by atomic mass is 19.3. The highest BCUT2D eigenvalue weighted by Gasteiger charge is 2.39. The molecule has 6 rings (SSSR count). The fraction of sp³-hybridized carbons (Fsp3) is 0.583. The Hall–Kier alpha value is -3.08. The molecule has 0 radical (unpaired) electrons. The Balaban J connectivity index is 1.24. The van der Waals surface area contributed by atoms with Crippen LogP contribution in [-0.2, 0) is 4.74 Å². The molecule has 2 saturated heterocycles. The van der Waals surface area contributed by atoms with Crippen LogP contribution in [0.25, 0.3) is 5.65 Å². The molecule has 2 aliphatic heterocycles. The molecule has 9 nitrogen and oxygen atoms in total. The Morgan fingerprint density at radius 2 is 2.09 bits per heavy atom. The zero-order valence-corrected chi connectivity index (χ0v) is 19.6. The number of rotatable bonds is 6. The molecular formula is C24H29F2N7O2. The number of nitrogens with one attached hydrogen (secondary N) is 1. The molecule has 0 aromatic carbocycles. The van der Waals surface area contributed by atoms with Gasteiger partial charge in [-0.05, 0) is 44.1 Å². The van der Waals surface area contributed by atoms with Crippen LogP contribution in [0.2, 0.25) is 0 Å². The van der Waals surface area contributed by atoms with Gasteiger partial charge in [0.15, 0.2) is 11.3 Å². The van der Waals surface area contributed by atoms with Crippen molar-refractivity contribution in [3.05, 3.63) is 35.9 Å². The average molecular weight is 486 g/mol. The van der Waals surface area contributed by atoms with Crippen LogP contribution in [0.15, 0.2) is 24.7 Å². The van der Waals surface area contributed by atoms with Crippen molar-refractivity contribution in [2.24, 2.45) is 5.92 Å². The second-order valence-corrected chi connectivity index (χ2v) is 9.86. The van der Waals surface area contributed by atoms with Gasteiger partial charge < -0.3 is 15.0 Å². The van der Waals surface area contributed by atoms with Gasteiger partial charge in [0.1, 0.15) is 11.4 Å². The first-order valence-electron chi connectivity index (χ1n) is 12.4. The molecular weight excluding hydrogens is 456 g/mol. The van der Waals surface area contributed by atoms with Gasteiger partial charge in [-0.1, -0.05) is 13.3 Å². The zero-order chi connectivity index (χ0) is 24.1. The molecule has 2 atom stereocenters. The summed E-state index contributed by atoms with van der Waals surface area (Å²) >= 11 is 0. The van der Waals surface area contributed by atoms with Crippen molar-refractivity contribution in [3.63, 3.8) is 0 Å². The Morgan fingerprint density at radius 1 is 1.26 bits per heavy atom. The summed E-state index contributed by atoms with van der Waals surface area (Å²) in [4.78, 5) is 20.1. The number of nitrogens with zero attached hydrogens (tertiary/aromatic N) is 6. The standard InChI is InChI=1S/C24H29F2N7O2/c1-2-14-3-5-15(6-4-14)33-12-19(21(30-33)22(25)26)28-24(34)18-10-27-32-8-7-20(29-23(18)32)31-11-17-9-16(31)13-35-17/h7-8,10,12,14-17,22H,2-6,9,11,13H2,1H3,(H,28,34)/t14-,15-,16-,17-/m1/s1. The van der Waals surface area contributed by atoms with E-state index < -0.39 is 18.0 Å². The summed E-state index contributed by atoms with van der Waals surface area (Å²) in [6.45, 7) is 3.62. The number of fused-ring (bicyclic) bond motifs is 3. The van der Waals surface area contributed by atoms with Crippen LogP contribution < -0.4 is 10.2 Å². The predicted octanol–water partition coefficient (Wildman–Crippen LogP) is 4.23. The van der Waals surface area contributed by atoms with Gasteiger partial charge in [-0.3, -0.25) is 9.48 Å². The van der Waals surface area contributed by atoms with Crippen LogP contribution in [0.4, 0.5) is 20.3 Å². The molecule has 5 heterocycles. The molecule has 0 unspecified atom stereocenters. The van der Waals surface area contributed by atoms with Crippen LogP contribution in [0.5, 0.6) is 0 Å². The quantitative estimate of drug-likeness (QED) is 0.562. The van der Waals surface area contributed by atoms with E-state index in [1.54, 1.807) is 17.1 Å². The number of hydrogen-bond donors (Lipinski definition) is 1.